The van der Waals surface area contributed by atoms with Crippen LogP contribution in [-0.4, -0.2) is 23.2 Å². The number of carboxylic acids is 1. The summed E-state index contributed by atoms with van der Waals surface area (Å²) in [5.41, 5.74) is 0. The largest absolute Gasteiger partial charge is 0.481 e. The van der Waals surface area contributed by atoms with E-state index >= 15 is 0 Å². The summed E-state index contributed by atoms with van der Waals surface area (Å²) < 4.78 is 4.97. The lowest BCUT2D eigenvalue weighted by Crippen LogP contribution is -2.41. The molecule has 2 unspecified atom stereocenters. The van der Waals surface area contributed by atoms with Crippen molar-refractivity contribution in [2.24, 2.45) is 5.92 Å². The quantitative estimate of drug-likeness (QED) is 0.838. The molecular weight excluding hydrogens is 222 g/mol. The maximum Gasteiger partial charge on any atom is 0.412 e. The van der Waals surface area contributed by atoms with Crippen molar-refractivity contribution in [3.05, 3.63) is 30.3 Å². The fraction of sp³-hybridized carbons (Fsp3) is 0.333. The Morgan fingerprint density at radius 2 is 1.82 bits per heavy atom. The maximum absolute atomic E-state index is 11.4. The number of amides is 1. The van der Waals surface area contributed by atoms with Crippen LogP contribution >= 0.6 is 0 Å². The van der Waals surface area contributed by atoms with Crippen molar-refractivity contribution in [2.75, 3.05) is 0 Å². The molecule has 2 atom stereocenters. The molecule has 0 aliphatic rings. The topological polar surface area (TPSA) is 75.6 Å². The highest BCUT2D eigenvalue weighted by molar-refractivity contribution is 5.74. The molecule has 0 saturated heterocycles. The first-order valence-electron chi connectivity index (χ1n) is 5.27. The molecule has 0 aromatic heterocycles. The van der Waals surface area contributed by atoms with E-state index in [0.717, 1.165) is 0 Å². The summed E-state index contributed by atoms with van der Waals surface area (Å²) in [6.45, 7) is 3.14. The van der Waals surface area contributed by atoms with Crippen LogP contribution in [-0.2, 0) is 4.79 Å². The maximum atomic E-state index is 11.4. The van der Waals surface area contributed by atoms with Gasteiger partial charge < -0.3 is 15.2 Å². The first-order valence-corrected chi connectivity index (χ1v) is 5.27. The summed E-state index contributed by atoms with van der Waals surface area (Å²) in [5.74, 6) is -1.21. The van der Waals surface area contributed by atoms with Gasteiger partial charge in [0.2, 0.25) is 0 Å². The van der Waals surface area contributed by atoms with E-state index in [1.807, 2.05) is 0 Å². The van der Waals surface area contributed by atoms with Crippen LogP contribution < -0.4 is 10.1 Å². The van der Waals surface area contributed by atoms with E-state index in [2.05, 4.69) is 5.32 Å². The minimum Gasteiger partial charge on any atom is -0.481 e. The van der Waals surface area contributed by atoms with E-state index in [-0.39, 0.29) is 0 Å². The Morgan fingerprint density at radius 1 is 1.24 bits per heavy atom. The van der Waals surface area contributed by atoms with E-state index in [1.54, 1.807) is 37.3 Å². The summed E-state index contributed by atoms with van der Waals surface area (Å²) in [5, 5.41) is 11.2. The molecule has 0 radical (unpaired) electrons. The predicted octanol–water partition coefficient (Wildman–Crippen LogP) is 1.88. The smallest absolute Gasteiger partial charge is 0.412 e. The van der Waals surface area contributed by atoms with Gasteiger partial charge in [0.05, 0.1) is 5.92 Å². The molecule has 0 aliphatic heterocycles. The molecule has 92 valence electrons. The van der Waals surface area contributed by atoms with Crippen LogP contribution in [0.2, 0.25) is 0 Å². The Labute approximate surface area is 99.4 Å². The summed E-state index contributed by atoms with van der Waals surface area (Å²) in [6.07, 6.45) is -0.656. The minimum absolute atomic E-state index is 0.417. The average Bonchev–Trinajstić information content (AvgIpc) is 2.28. The number of rotatable bonds is 4. The van der Waals surface area contributed by atoms with E-state index in [9.17, 15) is 9.59 Å². The Morgan fingerprint density at radius 3 is 2.35 bits per heavy atom. The van der Waals surface area contributed by atoms with E-state index in [0.29, 0.717) is 5.75 Å². The molecule has 1 amide bonds. The van der Waals surface area contributed by atoms with Gasteiger partial charge in [0.25, 0.3) is 0 Å². The van der Waals surface area contributed by atoms with Crippen LogP contribution in [0.4, 0.5) is 4.79 Å². The van der Waals surface area contributed by atoms with Gasteiger partial charge in [-0.3, -0.25) is 4.79 Å². The first-order chi connectivity index (χ1) is 8.00. The van der Waals surface area contributed by atoms with Crippen molar-refractivity contribution >= 4 is 12.1 Å². The summed E-state index contributed by atoms with van der Waals surface area (Å²) in [7, 11) is 0. The second-order valence-corrected chi connectivity index (χ2v) is 3.76. The average molecular weight is 237 g/mol. The van der Waals surface area contributed by atoms with Crippen molar-refractivity contribution in [1.82, 2.24) is 5.32 Å². The number of carboxylic acid groups (broad SMARTS) is 1. The molecule has 5 nitrogen and oxygen atoms in total. The number of carbonyl (C=O) groups excluding carboxylic acids is 1. The van der Waals surface area contributed by atoms with Crippen LogP contribution in [0.1, 0.15) is 13.8 Å². The Kier molecular flexibility index (Phi) is 4.51. The van der Waals surface area contributed by atoms with Gasteiger partial charge in [-0.1, -0.05) is 18.2 Å². The highest BCUT2D eigenvalue weighted by Gasteiger charge is 2.21. The third kappa shape index (κ3) is 4.14. The molecule has 0 fully saturated rings. The van der Waals surface area contributed by atoms with Crippen LogP contribution in [0.3, 0.4) is 0 Å². The van der Waals surface area contributed by atoms with Gasteiger partial charge in [-0.2, -0.15) is 0 Å². The van der Waals surface area contributed by atoms with Crippen LogP contribution in [0.15, 0.2) is 30.3 Å². The van der Waals surface area contributed by atoms with Gasteiger partial charge >= 0.3 is 12.1 Å². The lowest BCUT2D eigenvalue weighted by atomic mass is 10.1. The molecule has 1 aromatic rings. The highest BCUT2D eigenvalue weighted by atomic mass is 16.6. The summed E-state index contributed by atoms with van der Waals surface area (Å²) >= 11 is 0. The number of hydrogen-bond acceptors (Lipinski definition) is 3. The Bertz CT molecular complexity index is 391. The van der Waals surface area contributed by atoms with E-state index in [1.165, 1.54) is 6.92 Å². The number of ether oxygens (including phenoxy) is 1. The minimum atomic E-state index is -0.961. The number of nitrogens with one attached hydrogen (secondary N) is 1. The molecule has 1 rings (SSSR count). The van der Waals surface area contributed by atoms with Crippen molar-refractivity contribution < 1.29 is 19.4 Å². The van der Waals surface area contributed by atoms with Crippen LogP contribution in [0, 0.1) is 5.92 Å². The molecule has 0 bridgehead atoms. The van der Waals surface area contributed by atoms with Gasteiger partial charge in [0, 0.05) is 6.04 Å². The number of para-hydroxylation sites is 1. The predicted molar refractivity (Wildman–Crippen MR) is 61.9 cm³/mol. The molecule has 0 aliphatic carbocycles. The highest BCUT2D eigenvalue weighted by Crippen LogP contribution is 2.09. The van der Waals surface area contributed by atoms with Crippen molar-refractivity contribution in [1.29, 1.82) is 0 Å². The third-order valence-electron chi connectivity index (χ3n) is 2.44. The molecule has 0 spiro atoms. The summed E-state index contributed by atoms with van der Waals surface area (Å²) in [4.78, 5) is 22.1. The monoisotopic (exact) mass is 237 g/mol. The second-order valence-electron chi connectivity index (χ2n) is 3.76. The molecule has 2 N–H and O–H groups in total. The van der Waals surface area contributed by atoms with Crippen molar-refractivity contribution in [3.63, 3.8) is 0 Å². The lowest BCUT2D eigenvalue weighted by Gasteiger charge is -2.17. The normalized spacial score (nSPS) is 13.5. The zero-order chi connectivity index (χ0) is 12.8. The molecule has 1 aromatic carbocycles. The van der Waals surface area contributed by atoms with Crippen LogP contribution in [0.5, 0.6) is 5.75 Å². The van der Waals surface area contributed by atoms with Crippen LogP contribution in [0.25, 0.3) is 0 Å². The summed E-state index contributed by atoms with van der Waals surface area (Å²) in [6, 6.07) is 8.08. The fourth-order valence-electron chi connectivity index (χ4n) is 1.15. The number of carbonyl (C=O) groups is 2. The fourth-order valence-corrected chi connectivity index (χ4v) is 1.15. The first kappa shape index (κ1) is 13.0. The van der Waals surface area contributed by atoms with E-state index in [4.69, 9.17) is 9.84 Å². The number of hydrogen-bond donors (Lipinski definition) is 2. The van der Waals surface area contributed by atoms with E-state index < -0.39 is 24.0 Å². The second kappa shape index (κ2) is 5.89. The lowest BCUT2D eigenvalue weighted by molar-refractivity contribution is -0.141. The van der Waals surface area contributed by atoms with Gasteiger partial charge in [-0.25, -0.2) is 4.79 Å². The zero-order valence-electron chi connectivity index (χ0n) is 9.71. The zero-order valence-corrected chi connectivity index (χ0v) is 9.71. The van der Waals surface area contributed by atoms with Crippen molar-refractivity contribution in [2.45, 2.75) is 19.9 Å². The van der Waals surface area contributed by atoms with Gasteiger partial charge in [0.15, 0.2) is 0 Å². The van der Waals surface area contributed by atoms with Crippen molar-refractivity contribution in [3.8, 4) is 5.75 Å². The number of benzene rings is 1. The third-order valence-corrected chi connectivity index (χ3v) is 2.44. The standard InChI is InChI=1S/C12H15NO4/c1-8(11(14)15)9(2)13-12(16)17-10-6-4-3-5-7-10/h3-9H,1-2H3,(H,13,16)(H,14,15). The molecule has 5 heteroatoms. The molecule has 17 heavy (non-hydrogen) atoms. The SMILES string of the molecule is CC(NC(=O)Oc1ccccc1)C(C)C(=O)O. The molecular formula is C12H15NO4. The Hall–Kier alpha value is -2.04. The Balaban J connectivity index is 2.48. The van der Waals surface area contributed by atoms with Gasteiger partial charge in [-0.15, -0.1) is 0 Å². The molecule has 0 saturated carbocycles. The van der Waals surface area contributed by atoms with Gasteiger partial charge in [0.1, 0.15) is 5.75 Å². The number of aliphatic carboxylic acids is 1. The molecule has 0 heterocycles. The van der Waals surface area contributed by atoms with Gasteiger partial charge in [-0.05, 0) is 26.0 Å².